The Morgan fingerprint density at radius 2 is 2.11 bits per heavy atom. The first-order chi connectivity index (χ1) is 9.06. The SMILES string of the molecule is Cc1cnc2c(c1)nc(N)n2-c1ccc(Br)c(Cl)c1. The number of benzene rings is 1. The van der Waals surface area contributed by atoms with Gasteiger partial charge in [0.1, 0.15) is 5.52 Å². The molecule has 2 aromatic heterocycles. The minimum Gasteiger partial charge on any atom is -0.369 e. The number of pyridine rings is 1. The second kappa shape index (κ2) is 4.51. The van der Waals surface area contributed by atoms with E-state index in [1.165, 1.54) is 0 Å². The maximum absolute atomic E-state index is 6.12. The van der Waals surface area contributed by atoms with Crippen LogP contribution in [0.5, 0.6) is 0 Å². The summed E-state index contributed by atoms with van der Waals surface area (Å²) in [6.07, 6.45) is 1.79. The van der Waals surface area contributed by atoms with Crippen molar-refractivity contribution in [3.05, 3.63) is 45.5 Å². The van der Waals surface area contributed by atoms with E-state index in [2.05, 4.69) is 25.9 Å². The highest BCUT2D eigenvalue weighted by Gasteiger charge is 2.12. The zero-order valence-electron chi connectivity index (χ0n) is 10.1. The minimum absolute atomic E-state index is 0.395. The molecule has 0 fully saturated rings. The molecular formula is C13H10BrClN4. The number of imidazole rings is 1. The highest BCUT2D eigenvalue weighted by Crippen LogP contribution is 2.28. The van der Waals surface area contributed by atoms with Crippen LogP contribution in [-0.2, 0) is 0 Å². The quantitative estimate of drug-likeness (QED) is 0.736. The van der Waals surface area contributed by atoms with E-state index in [1.807, 2.05) is 31.2 Å². The van der Waals surface area contributed by atoms with E-state index in [-0.39, 0.29) is 0 Å². The van der Waals surface area contributed by atoms with Crippen LogP contribution in [0.15, 0.2) is 34.9 Å². The molecule has 0 amide bonds. The standard InChI is InChI=1S/C13H10BrClN4/c1-7-4-11-12(17-6-7)19(13(16)18-11)8-2-3-9(14)10(15)5-8/h2-6H,1H3,(H2,16,18). The molecule has 0 spiro atoms. The fraction of sp³-hybridized carbons (Fsp3) is 0.0769. The van der Waals surface area contributed by atoms with Crippen LogP contribution < -0.4 is 5.73 Å². The molecule has 0 aliphatic rings. The normalized spacial score (nSPS) is 11.1. The molecule has 0 saturated carbocycles. The first-order valence-corrected chi connectivity index (χ1v) is 6.79. The topological polar surface area (TPSA) is 56.7 Å². The Hall–Kier alpha value is -1.59. The van der Waals surface area contributed by atoms with Crippen molar-refractivity contribution < 1.29 is 0 Å². The van der Waals surface area contributed by atoms with Crippen molar-refractivity contribution in [1.82, 2.24) is 14.5 Å². The highest BCUT2D eigenvalue weighted by molar-refractivity contribution is 9.10. The summed E-state index contributed by atoms with van der Waals surface area (Å²) in [5.41, 5.74) is 9.36. The molecule has 3 aromatic rings. The van der Waals surface area contributed by atoms with E-state index in [0.717, 1.165) is 26.9 Å². The third-order valence-electron chi connectivity index (χ3n) is 2.82. The number of aryl methyl sites for hydroxylation is 1. The van der Waals surface area contributed by atoms with Crippen LogP contribution in [0.1, 0.15) is 5.56 Å². The maximum atomic E-state index is 6.12. The number of hydrogen-bond acceptors (Lipinski definition) is 3. The summed E-state index contributed by atoms with van der Waals surface area (Å²) in [5.74, 6) is 0.395. The molecule has 0 radical (unpaired) electrons. The Labute approximate surface area is 123 Å². The number of nitrogens with two attached hydrogens (primary N) is 1. The molecule has 4 nitrogen and oxygen atoms in total. The first-order valence-electron chi connectivity index (χ1n) is 5.62. The lowest BCUT2D eigenvalue weighted by atomic mass is 10.3. The second-order valence-electron chi connectivity index (χ2n) is 4.26. The van der Waals surface area contributed by atoms with Crippen LogP contribution >= 0.6 is 27.5 Å². The molecule has 3 rings (SSSR count). The van der Waals surface area contributed by atoms with Gasteiger partial charge in [-0.15, -0.1) is 0 Å². The first kappa shape index (κ1) is 12.4. The molecule has 0 atom stereocenters. The number of fused-ring (bicyclic) bond motifs is 1. The fourth-order valence-corrected chi connectivity index (χ4v) is 2.38. The minimum atomic E-state index is 0.395. The highest BCUT2D eigenvalue weighted by atomic mass is 79.9. The Morgan fingerprint density at radius 3 is 2.84 bits per heavy atom. The van der Waals surface area contributed by atoms with Crippen molar-refractivity contribution >= 4 is 44.6 Å². The van der Waals surface area contributed by atoms with Gasteiger partial charge >= 0.3 is 0 Å². The van der Waals surface area contributed by atoms with Crippen LogP contribution in [0, 0.1) is 6.92 Å². The van der Waals surface area contributed by atoms with Gasteiger partial charge in [-0.25, -0.2) is 9.97 Å². The van der Waals surface area contributed by atoms with Crippen molar-refractivity contribution in [2.75, 3.05) is 5.73 Å². The van der Waals surface area contributed by atoms with Gasteiger partial charge in [0.25, 0.3) is 0 Å². The van der Waals surface area contributed by atoms with Gasteiger partial charge in [0.15, 0.2) is 5.65 Å². The number of halogens is 2. The lowest BCUT2D eigenvalue weighted by molar-refractivity contribution is 1.08. The van der Waals surface area contributed by atoms with Gasteiger partial charge in [-0.1, -0.05) is 11.6 Å². The lowest BCUT2D eigenvalue weighted by Gasteiger charge is -2.07. The summed E-state index contributed by atoms with van der Waals surface area (Å²) in [6, 6.07) is 7.56. The van der Waals surface area contributed by atoms with E-state index in [4.69, 9.17) is 17.3 Å². The van der Waals surface area contributed by atoms with E-state index < -0.39 is 0 Å². The summed E-state index contributed by atoms with van der Waals surface area (Å²) in [7, 11) is 0. The number of anilines is 1. The van der Waals surface area contributed by atoms with Crippen molar-refractivity contribution in [2.45, 2.75) is 6.92 Å². The predicted octanol–water partition coefficient (Wildman–Crippen LogP) is 3.73. The van der Waals surface area contributed by atoms with Gasteiger partial charge in [-0.2, -0.15) is 0 Å². The summed E-state index contributed by atoms with van der Waals surface area (Å²) < 4.78 is 2.62. The van der Waals surface area contributed by atoms with Crippen LogP contribution in [-0.4, -0.2) is 14.5 Å². The van der Waals surface area contributed by atoms with Crippen molar-refractivity contribution in [3.63, 3.8) is 0 Å². The summed E-state index contributed by atoms with van der Waals surface area (Å²) in [4.78, 5) is 8.72. The fourth-order valence-electron chi connectivity index (χ4n) is 1.96. The number of rotatable bonds is 1. The molecule has 0 aliphatic heterocycles. The Morgan fingerprint density at radius 1 is 1.32 bits per heavy atom. The number of aromatic nitrogens is 3. The zero-order valence-corrected chi connectivity index (χ0v) is 12.4. The van der Waals surface area contributed by atoms with Crippen LogP contribution in [0.4, 0.5) is 5.95 Å². The van der Waals surface area contributed by atoms with Gasteiger partial charge in [-0.05, 0) is 52.7 Å². The average molecular weight is 338 g/mol. The third-order valence-corrected chi connectivity index (χ3v) is 4.05. The van der Waals surface area contributed by atoms with E-state index >= 15 is 0 Å². The maximum Gasteiger partial charge on any atom is 0.207 e. The van der Waals surface area contributed by atoms with Crippen molar-refractivity contribution in [2.24, 2.45) is 0 Å². The molecule has 0 bridgehead atoms. The number of nitrogens with zero attached hydrogens (tertiary/aromatic N) is 3. The van der Waals surface area contributed by atoms with E-state index in [9.17, 15) is 0 Å². The molecule has 2 N–H and O–H groups in total. The molecule has 1 aromatic carbocycles. The summed E-state index contributed by atoms with van der Waals surface area (Å²) in [6.45, 7) is 1.97. The third kappa shape index (κ3) is 2.09. The number of nitrogen functional groups attached to an aromatic ring is 1. The smallest absolute Gasteiger partial charge is 0.207 e. The largest absolute Gasteiger partial charge is 0.369 e. The molecular weight excluding hydrogens is 328 g/mol. The summed E-state index contributed by atoms with van der Waals surface area (Å²) >= 11 is 9.48. The zero-order chi connectivity index (χ0) is 13.6. The molecule has 19 heavy (non-hydrogen) atoms. The Bertz CT molecular complexity index is 782. The Kier molecular flexibility index (Phi) is 2.95. The van der Waals surface area contributed by atoms with Crippen molar-refractivity contribution in [1.29, 1.82) is 0 Å². The summed E-state index contributed by atoms with van der Waals surface area (Å²) in [5, 5.41) is 0.617. The molecule has 6 heteroatoms. The van der Waals surface area contributed by atoms with Gasteiger partial charge < -0.3 is 5.73 Å². The second-order valence-corrected chi connectivity index (χ2v) is 5.52. The van der Waals surface area contributed by atoms with Gasteiger partial charge in [0, 0.05) is 10.7 Å². The molecule has 2 heterocycles. The lowest BCUT2D eigenvalue weighted by Crippen LogP contribution is -2.01. The average Bonchev–Trinajstić information content (AvgIpc) is 2.68. The molecule has 0 saturated heterocycles. The van der Waals surface area contributed by atoms with Gasteiger partial charge in [0.05, 0.1) is 10.7 Å². The van der Waals surface area contributed by atoms with E-state index in [0.29, 0.717) is 11.0 Å². The molecule has 0 aliphatic carbocycles. The van der Waals surface area contributed by atoms with Crippen LogP contribution in [0.3, 0.4) is 0 Å². The van der Waals surface area contributed by atoms with Crippen molar-refractivity contribution in [3.8, 4) is 5.69 Å². The number of hydrogen-bond donors (Lipinski definition) is 1. The van der Waals surface area contributed by atoms with Crippen LogP contribution in [0.25, 0.3) is 16.9 Å². The molecule has 0 unspecified atom stereocenters. The van der Waals surface area contributed by atoms with Crippen LogP contribution in [0.2, 0.25) is 5.02 Å². The van der Waals surface area contributed by atoms with Gasteiger partial charge in [-0.3, -0.25) is 4.57 Å². The van der Waals surface area contributed by atoms with E-state index in [1.54, 1.807) is 10.8 Å². The molecule has 96 valence electrons. The predicted molar refractivity (Wildman–Crippen MR) is 80.7 cm³/mol. The van der Waals surface area contributed by atoms with Gasteiger partial charge in [0.2, 0.25) is 5.95 Å². The monoisotopic (exact) mass is 336 g/mol. The Balaban J connectivity index is 2.29.